The van der Waals surface area contributed by atoms with E-state index in [2.05, 4.69) is 38.2 Å². The molecule has 0 bridgehead atoms. The molecule has 0 aromatic carbocycles. The van der Waals surface area contributed by atoms with Crippen LogP contribution in [0.25, 0.3) is 0 Å². The van der Waals surface area contributed by atoms with Gasteiger partial charge < -0.3 is 11.1 Å². The molecule has 2 heteroatoms. The van der Waals surface area contributed by atoms with Crippen molar-refractivity contribution >= 4 is 0 Å². The van der Waals surface area contributed by atoms with Gasteiger partial charge >= 0.3 is 0 Å². The van der Waals surface area contributed by atoms with Gasteiger partial charge in [0.2, 0.25) is 0 Å². The zero-order valence-corrected chi connectivity index (χ0v) is 10.5. The molecule has 1 saturated carbocycles. The van der Waals surface area contributed by atoms with E-state index in [4.69, 9.17) is 5.73 Å². The molecule has 1 aliphatic carbocycles. The van der Waals surface area contributed by atoms with E-state index in [0.29, 0.717) is 5.41 Å². The van der Waals surface area contributed by atoms with Crippen molar-refractivity contribution in [2.75, 3.05) is 13.1 Å². The fourth-order valence-electron chi connectivity index (χ4n) is 2.66. The molecule has 3 N–H and O–H groups in total. The van der Waals surface area contributed by atoms with Gasteiger partial charge in [-0.3, -0.25) is 0 Å². The minimum atomic E-state index is 0.213. The molecule has 2 nitrogen and oxygen atoms in total. The van der Waals surface area contributed by atoms with Gasteiger partial charge in [-0.25, -0.2) is 0 Å². The molecule has 1 rings (SSSR count). The van der Waals surface area contributed by atoms with Crippen LogP contribution in [-0.4, -0.2) is 18.6 Å². The molecule has 0 spiro atoms. The third kappa shape index (κ3) is 3.62. The Hall–Kier alpha value is -0.340. The van der Waals surface area contributed by atoms with Gasteiger partial charge in [0.25, 0.3) is 0 Å². The molecule has 0 amide bonds. The maximum Gasteiger partial charge on any atom is 0.0309 e. The van der Waals surface area contributed by atoms with Crippen molar-refractivity contribution in [1.29, 1.82) is 0 Å². The summed E-state index contributed by atoms with van der Waals surface area (Å²) >= 11 is 0. The highest BCUT2D eigenvalue weighted by molar-refractivity contribution is 5.00. The molecular formula is C13H26N2. The largest absolute Gasteiger partial charge is 0.329 e. The van der Waals surface area contributed by atoms with Crippen LogP contribution in [0, 0.1) is 5.41 Å². The predicted molar refractivity (Wildman–Crippen MR) is 66.9 cm³/mol. The first kappa shape index (κ1) is 12.7. The van der Waals surface area contributed by atoms with Gasteiger partial charge in [-0.2, -0.15) is 0 Å². The second-order valence-corrected chi connectivity index (χ2v) is 5.61. The van der Waals surface area contributed by atoms with E-state index in [-0.39, 0.29) is 5.54 Å². The zero-order chi connectivity index (χ0) is 11.4. The topological polar surface area (TPSA) is 38.0 Å². The summed E-state index contributed by atoms with van der Waals surface area (Å²) in [5.41, 5.74) is 6.60. The molecule has 0 aliphatic heterocycles. The molecule has 1 fully saturated rings. The summed E-state index contributed by atoms with van der Waals surface area (Å²) < 4.78 is 0. The molecule has 1 aliphatic rings. The summed E-state index contributed by atoms with van der Waals surface area (Å²) in [5, 5.41) is 3.66. The first-order valence-electron chi connectivity index (χ1n) is 6.10. The van der Waals surface area contributed by atoms with Crippen LogP contribution >= 0.6 is 0 Å². The number of nitrogens with two attached hydrogens (primary N) is 1. The Balaban J connectivity index is 2.41. The fourth-order valence-corrected chi connectivity index (χ4v) is 2.66. The van der Waals surface area contributed by atoms with Crippen molar-refractivity contribution in [3.63, 3.8) is 0 Å². The second kappa shape index (κ2) is 5.13. The lowest BCUT2D eigenvalue weighted by atomic mass is 9.87. The molecule has 0 radical (unpaired) electrons. The van der Waals surface area contributed by atoms with Crippen molar-refractivity contribution in [2.45, 2.75) is 52.0 Å². The summed E-state index contributed by atoms with van der Waals surface area (Å²) in [4.78, 5) is 0. The van der Waals surface area contributed by atoms with Gasteiger partial charge in [0.1, 0.15) is 0 Å². The number of nitrogens with one attached hydrogen (secondary N) is 1. The summed E-state index contributed by atoms with van der Waals surface area (Å²) in [6, 6.07) is 0. The number of rotatable bonds is 5. The van der Waals surface area contributed by atoms with Gasteiger partial charge in [0.15, 0.2) is 0 Å². The van der Waals surface area contributed by atoms with Crippen molar-refractivity contribution in [3.05, 3.63) is 12.2 Å². The van der Waals surface area contributed by atoms with Crippen LogP contribution in [0.5, 0.6) is 0 Å². The van der Waals surface area contributed by atoms with Crippen molar-refractivity contribution in [2.24, 2.45) is 11.1 Å². The number of allylic oxidation sites excluding steroid dienone is 1. The Morgan fingerprint density at radius 1 is 1.33 bits per heavy atom. The third-order valence-electron chi connectivity index (χ3n) is 3.53. The molecule has 0 saturated heterocycles. The second-order valence-electron chi connectivity index (χ2n) is 5.61. The molecule has 1 unspecified atom stereocenters. The highest BCUT2D eigenvalue weighted by atomic mass is 15.0. The van der Waals surface area contributed by atoms with Crippen molar-refractivity contribution < 1.29 is 0 Å². The summed E-state index contributed by atoms with van der Waals surface area (Å²) in [6.45, 7) is 8.58. The minimum absolute atomic E-state index is 0.213. The van der Waals surface area contributed by atoms with Gasteiger partial charge in [-0.05, 0) is 44.6 Å². The molecule has 15 heavy (non-hydrogen) atoms. The van der Waals surface area contributed by atoms with E-state index in [1.165, 1.54) is 19.3 Å². The van der Waals surface area contributed by atoms with Gasteiger partial charge in [-0.15, -0.1) is 0 Å². The molecular weight excluding hydrogens is 184 g/mol. The van der Waals surface area contributed by atoms with Crippen LogP contribution in [0.3, 0.4) is 0 Å². The molecule has 0 heterocycles. The average molecular weight is 210 g/mol. The van der Waals surface area contributed by atoms with Crippen LogP contribution in [0.2, 0.25) is 0 Å². The Morgan fingerprint density at radius 3 is 2.53 bits per heavy atom. The predicted octanol–water partition coefficient (Wildman–Crippen LogP) is 2.45. The zero-order valence-electron chi connectivity index (χ0n) is 10.5. The lowest BCUT2D eigenvalue weighted by molar-refractivity contribution is 0.293. The van der Waals surface area contributed by atoms with Crippen LogP contribution in [0.1, 0.15) is 46.5 Å². The lowest BCUT2D eigenvalue weighted by Gasteiger charge is -2.31. The average Bonchev–Trinajstić information content (AvgIpc) is 2.50. The van der Waals surface area contributed by atoms with Crippen molar-refractivity contribution in [3.8, 4) is 0 Å². The van der Waals surface area contributed by atoms with E-state index in [1.807, 2.05) is 0 Å². The molecule has 88 valence electrons. The number of hydrogen-bond acceptors (Lipinski definition) is 2. The fraction of sp³-hybridized carbons (Fsp3) is 0.846. The van der Waals surface area contributed by atoms with Crippen LogP contribution in [-0.2, 0) is 0 Å². The van der Waals surface area contributed by atoms with Gasteiger partial charge in [0.05, 0.1) is 0 Å². The minimum Gasteiger partial charge on any atom is -0.329 e. The van der Waals surface area contributed by atoms with Crippen LogP contribution in [0.4, 0.5) is 0 Å². The SMILES string of the molecule is C/C=C/CCNC1(CN)CCC(C)(C)C1. The van der Waals surface area contributed by atoms with Gasteiger partial charge in [0, 0.05) is 12.1 Å². The number of hydrogen-bond donors (Lipinski definition) is 2. The maximum absolute atomic E-state index is 5.92. The van der Waals surface area contributed by atoms with E-state index in [0.717, 1.165) is 19.5 Å². The Labute approximate surface area is 94.3 Å². The van der Waals surface area contributed by atoms with E-state index in [9.17, 15) is 0 Å². The van der Waals surface area contributed by atoms with E-state index < -0.39 is 0 Å². The van der Waals surface area contributed by atoms with Crippen LogP contribution < -0.4 is 11.1 Å². The Bertz CT molecular complexity index is 221. The summed E-state index contributed by atoms with van der Waals surface area (Å²) in [7, 11) is 0. The summed E-state index contributed by atoms with van der Waals surface area (Å²) in [6.07, 6.45) is 9.16. The maximum atomic E-state index is 5.92. The normalized spacial score (nSPS) is 30.1. The smallest absolute Gasteiger partial charge is 0.0309 e. The van der Waals surface area contributed by atoms with Crippen molar-refractivity contribution in [1.82, 2.24) is 5.32 Å². The molecule has 1 atom stereocenters. The van der Waals surface area contributed by atoms with E-state index >= 15 is 0 Å². The quantitative estimate of drug-likeness (QED) is 0.540. The first-order valence-corrected chi connectivity index (χ1v) is 6.10. The standard InChI is InChI=1S/C13H26N2/c1-4-5-6-9-15-13(11-14)8-7-12(2,3)10-13/h4-5,15H,6-11,14H2,1-3H3/b5-4+. The first-order chi connectivity index (χ1) is 7.04. The highest BCUT2D eigenvalue weighted by Gasteiger charge is 2.41. The van der Waals surface area contributed by atoms with Gasteiger partial charge in [-0.1, -0.05) is 26.0 Å². The molecule has 0 aromatic heterocycles. The third-order valence-corrected chi connectivity index (χ3v) is 3.53. The molecule has 0 aromatic rings. The Morgan fingerprint density at radius 2 is 2.07 bits per heavy atom. The Kier molecular flexibility index (Phi) is 4.35. The summed E-state index contributed by atoms with van der Waals surface area (Å²) in [5.74, 6) is 0. The van der Waals surface area contributed by atoms with Crippen LogP contribution in [0.15, 0.2) is 12.2 Å². The monoisotopic (exact) mass is 210 g/mol. The van der Waals surface area contributed by atoms with E-state index in [1.54, 1.807) is 0 Å². The highest BCUT2D eigenvalue weighted by Crippen LogP contribution is 2.42. The lowest BCUT2D eigenvalue weighted by Crippen LogP contribution is -2.50.